The Morgan fingerprint density at radius 1 is 1.12 bits per heavy atom. The Hall–Kier alpha value is -3.48. The van der Waals surface area contributed by atoms with Crippen LogP contribution < -0.4 is 5.32 Å². The van der Waals surface area contributed by atoms with Gasteiger partial charge in [-0.15, -0.1) is 5.11 Å². The van der Waals surface area contributed by atoms with E-state index in [2.05, 4.69) is 15.5 Å². The number of nitrogens with one attached hydrogen (secondary N) is 1. The molecule has 0 radical (unpaired) electrons. The van der Waals surface area contributed by atoms with Crippen LogP contribution in [0.1, 0.15) is 24.2 Å². The van der Waals surface area contributed by atoms with Crippen molar-refractivity contribution in [2.24, 2.45) is 10.2 Å². The van der Waals surface area contributed by atoms with Crippen LogP contribution in [-0.2, 0) is 9.53 Å². The molecule has 134 valence electrons. The summed E-state index contributed by atoms with van der Waals surface area (Å²) in [6.45, 7) is 3.11. The average Bonchev–Trinajstić information content (AvgIpc) is 2.63. The van der Waals surface area contributed by atoms with Crippen molar-refractivity contribution in [2.75, 3.05) is 11.9 Å². The zero-order valence-electron chi connectivity index (χ0n) is 14.5. The van der Waals surface area contributed by atoms with Gasteiger partial charge in [0.1, 0.15) is 5.76 Å². The summed E-state index contributed by atoms with van der Waals surface area (Å²) in [4.78, 5) is 24.0. The standard InChI is InChI=1S/C19H19N3O4/c1-3-26-19(25)17(13(2)23)22-21-16-11-7-8-14(12-16)18(24)20-15-9-5-4-6-10-15/h4-12,23H,3H2,1-2H3,(H,20,24)/b17-13-,22-21?. The number of carbonyl (C=O) groups is 2. The van der Waals surface area contributed by atoms with Gasteiger partial charge >= 0.3 is 5.97 Å². The van der Waals surface area contributed by atoms with Crippen LogP contribution in [0.15, 0.2) is 76.3 Å². The molecule has 0 aliphatic carbocycles. The van der Waals surface area contributed by atoms with E-state index in [0.29, 0.717) is 16.9 Å². The third-order valence-corrected chi connectivity index (χ3v) is 3.22. The van der Waals surface area contributed by atoms with Gasteiger partial charge in [-0.1, -0.05) is 24.3 Å². The molecule has 2 aromatic carbocycles. The summed E-state index contributed by atoms with van der Waals surface area (Å²) < 4.78 is 4.81. The SMILES string of the molecule is CCOC(=O)/C(N=Nc1cccc(C(=O)Nc2ccccc2)c1)=C(\C)O. The smallest absolute Gasteiger partial charge is 0.362 e. The van der Waals surface area contributed by atoms with Crippen LogP contribution in [0.3, 0.4) is 0 Å². The zero-order valence-corrected chi connectivity index (χ0v) is 14.5. The summed E-state index contributed by atoms with van der Waals surface area (Å²) in [5, 5.41) is 20.0. The Balaban J connectivity index is 2.17. The highest BCUT2D eigenvalue weighted by molar-refractivity contribution is 6.04. The van der Waals surface area contributed by atoms with E-state index in [9.17, 15) is 14.7 Å². The van der Waals surface area contributed by atoms with Gasteiger partial charge < -0.3 is 15.2 Å². The normalized spacial score (nSPS) is 11.8. The van der Waals surface area contributed by atoms with Crippen molar-refractivity contribution in [1.29, 1.82) is 0 Å². The van der Waals surface area contributed by atoms with E-state index >= 15 is 0 Å². The van der Waals surface area contributed by atoms with Crippen molar-refractivity contribution in [3.8, 4) is 0 Å². The number of amides is 1. The number of allylic oxidation sites excluding steroid dienone is 1. The van der Waals surface area contributed by atoms with Gasteiger partial charge in [0.05, 0.1) is 12.3 Å². The number of hydrogen-bond donors (Lipinski definition) is 2. The topological polar surface area (TPSA) is 100 Å². The highest BCUT2D eigenvalue weighted by Gasteiger charge is 2.14. The molecule has 0 heterocycles. The molecule has 0 unspecified atom stereocenters. The van der Waals surface area contributed by atoms with Crippen LogP contribution in [0.25, 0.3) is 0 Å². The summed E-state index contributed by atoms with van der Waals surface area (Å²) in [5.74, 6) is -1.37. The number of anilines is 1. The molecular formula is C19H19N3O4. The Morgan fingerprint density at radius 3 is 2.50 bits per heavy atom. The average molecular weight is 353 g/mol. The highest BCUT2D eigenvalue weighted by Crippen LogP contribution is 2.18. The maximum atomic E-state index is 12.3. The fraction of sp³-hybridized carbons (Fsp3) is 0.158. The predicted molar refractivity (Wildman–Crippen MR) is 97.3 cm³/mol. The molecule has 2 rings (SSSR count). The third kappa shape index (κ3) is 5.27. The van der Waals surface area contributed by atoms with E-state index < -0.39 is 5.97 Å². The van der Waals surface area contributed by atoms with Gasteiger partial charge in [-0.25, -0.2) is 4.79 Å². The number of ether oxygens (including phenoxy) is 1. The first kappa shape index (κ1) is 18.9. The van der Waals surface area contributed by atoms with Crippen molar-refractivity contribution in [3.05, 3.63) is 71.6 Å². The molecule has 7 nitrogen and oxygen atoms in total. The maximum absolute atomic E-state index is 12.3. The summed E-state index contributed by atoms with van der Waals surface area (Å²) in [7, 11) is 0. The fourth-order valence-electron chi connectivity index (χ4n) is 2.00. The molecule has 2 N–H and O–H groups in total. The van der Waals surface area contributed by atoms with E-state index in [4.69, 9.17) is 4.74 Å². The molecule has 2 aromatic rings. The van der Waals surface area contributed by atoms with Gasteiger partial charge in [0.25, 0.3) is 5.91 Å². The number of carbonyl (C=O) groups excluding carboxylic acids is 2. The van der Waals surface area contributed by atoms with Crippen LogP contribution in [0, 0.1) is 0 Å². The lowest BCUT2D eigenvalue weighted by Crippen LogP contribution is -2.11. The third-order valence-electron chi connectivity index (χ3n) is 3.22. The molecule has 1 amide bonds. The number of esters is 1. The number of azo groups is 1. The Morgan fingerprint density at radius 2 is 1.85 bits per heavy atom. The molecule has 0 atom stereocenters. The molecule has 0 fully saturated rings. The number of para-hydroxylation sites is 1. The second-order valence-corrected chi connectivity index (χ2v) is 5.22. The second-order valence-electron chi connectivity index (χ2n) is 5.22. The van der Waals surface area contributed by atoms with Crippen molar-refractivity contribution in [1.82, 2.24) is 0 Å². The van der Waals surface area contributed by atoms with Gasteiger partial charge in [-0.05, 0) is 44.2 Å². The molecular weight excluding hydrogens is 334 g/mol. The van der Waals surface area contributed by atoms with Crippen molar-refractivity contribution >= 4 is 23.3 Å². The van der Waals surface area contributed by atoms with Crippen LogP contribution in [-0.4, -0.2) is 23.6 Å². The van der Waals surface area contributed by atoms with Crippen LogP contribution in [0.5, 0.6) is 0 Å². The quantitative estimate of drug-likeness (QED) is 0.348. The molecule has 26 heavy (non-hydrogen) atoms. The molecule has 0 aromatic heterocycles. The van der Waals surface area contributed by atoms with Crippen molar-refractivity contribution < 1.29 is 19.4 Å². The number of nitrogens with zero attached hydrogens (tertiary/aromatic N) is 2. The van der Waals surface area contributed by atoms with Gasteiger partial charge in [0.15, 0.2) is 0 Å². The minimum atomic E-state index is -0.769. The molecule has 0 spiro atoms. The summed E-state index contributed by atoms with van der Waals surface area (Å²) in [6, 6.07) is 15.5. The zero-order chi connectivity index (χ0) is 18.9. The monoisotopic (exact) mass is 353 g/mol. The molecule has 0 saturated carbocycles. The van der Waals surface area contributed by atoms with E-state index in [1.807, 2.05) is 18.2 Å². The lowest BCUT2D eigenvalue weighted by Gasteiger charge is -2.05. The number of rotatable bonds is 6. The summed E-state index contributed by atoms with van der Waals surface area (Å²) in [6.07, 6.45) is 0. The Bertz CT molecular complexity index is 841. The Kier molecular flexibility index (Phi) is 6.61. The number of benzene rings is 2. The number of aliphatic hydroxyl groups excluding tert-OH is 1. The van der Waals surface area contributed by atoms with Gasteiger partial charge in [0, 0.05) is 11.3 Å². The lowest BCUT2D eigenvalue weighted by atomic mass is 10.2. The van der Waals surface area contributed by atoms with E-state index in [0.717, 1.165) is 0 Å². The first-order chi connectivity index (χ1) is 12.5. The summed E-state index contributed by atoms with van der Waals surface area (Å²) in [5.41, 5.74) is 1.13. The Labute approximate surface area is 151 Å². The van der Waals surface area contributed by atoms with E-state index in [1.54, 1.807) is 37.3 Å². The molecule has 0 bridgehead atoms. The first-order valence-corrected chi connectivity index (χ1v) is 7.96. The van der Waals surface area contributed by atoms with Gasteiger partial charge in [-0.2, -0.15) is 5.11 Å². The minimum absolute atomic E-state index is 0.153. The van der Waals surface area contributed by atoms with Crippen LogP contribution in [0.4, 0.5) is 11.4 Å². The highest BCUT2D eigenvalue weighted by atomic mass is 16.5. The van der Waals surface area contributed by atoms with Crippen LogP contribution >= 0.6 is 0 Å². The first-order valence-electron chi connectivity index (χ1n) is 7.96. The molecule has 7 heteroatoms. The van der Waals surface area contributed by atoms with E-state index in [1.165, 1.54) is 13.0 Å². The fourth-order valence-corrected chi connectivity index (χ4v) is 2.00. The molecule has 0 aliphatic rings. The lowest BCUT2D eigenvalue weighted by molar-refractivity contribution is -0.138. The molecule has 0 aliphatic heterocycles. The van der Waals surface area contributed by atoms with Crippen molar-refractivity contribution in [3.63, 3.8) is 0 Å². The molecule has 0 saturated heterocycles. The van der Waals surface area contributed by atoms with Crippen LogP contribution in [0.2, 0.25) is 0 Å². The largest absolute Gasteiger partial charge is 0.510 e. The van der Waals surface area contributed by atoms with Crippen molar-refractivity contribution in [2.45, 2.75) is 13.8 Å². The van der Waals surface area contributed by atoms with E-state index in [-0.39, 0.29) is 24.0 Å². The summed E-state index contributed by atoms with van der Waals surface area (Å²) >= 11 is 0. The predicted octanol–water partition coefficient (Wildman–Crippen LogP) is 4.38. The second kappa shape index (κ2) is 9.12. The minimum Gasteiger partial charge on any atom is -0.510 e. The maximum Gasteiger partial charge on any atom is 0.362 e. The van der Waals surface area contributed by atoms with Gasteiger partial charge in [0.2, 0.25) is 5.70 Å². The number of aliphatic hydroxyl groups is 1. The van der Waals surface area contributed by atoms with Gasteiger partial charge in [-0.3, -0.25) is 4.79 Å². The number of hydrogen-bond acceptors (Lipinski definition) is 6.